The predicted octanol–water partition coefficient (Wildman–Crippen LogP) is 17.5. The second-order valence-electron chi connectivity index (χ2n) is 34.4. The molecule has 0 spiro atoms. The van der Waals surface area contributed by atoms with Crippen LogP contribution < -0.4 is 138 Å². The van der Waals surface area contributed by atoms with Gasteiger partial charge in [-0.3, -0.25) is 0 Å². The molecule has 0 bridgehead atoms. The average molecular weight is 1930 g/mol. The molecule has 0 amide bonds. The third-order valence-corrected chi connectivity index (χ3v) is 23.0. The summed E-state index contributed by atoms with van der Waals surface area (Å²) in [5.41, 5.74) is 158. The summed E-state index contributed by atoms with van der Waals surface area (Å²) in [6, 6.07) is 120. The Kier molecular flexibility index (Phi) is 52.7. The SMILES string of the molecule is NCCCc1ccc(N)cc1.NCCCc1ccc2cc(N)ccc2c1.NCCCc1cccc(N)c1.NCCCc1cccc2c(N)cccc12.NCCc1ccc(N)cc1.NCCc1ccc2cc(N)ccc2c1.NCCc1cccc(N)c1.NCCc1cccc2c(N)cccc12.NCc1ccc(N)cc1.NCc1ccc2cc(N)ccc2c1.NCc1cccc(N)c1.NCc1cccc2c(N)cccc12. The van der Waals surface area contributed by atoms with E-state index in [4.69, 9.17) is 138 Å². The largest absolute Gasteiger partial charge is 0.399 e. The molecule has 0 heterocycles. The van der Waals surface area contributed by atoms with E-state index in [2.05, 4.69) is 91.0 Å². The predicted molar refractivity (Wildman–Crippen MR) is 627 cm³/mol. The van der Waals surface area contributed by atoms with Crippen LogP contribution in [0.2, 0.25) is 0 Å². The summed E-state index contributed by atoms with van der Waals surface area (Å²) < 4.78 is 0. The van der Waals surface area contributed by atoms with Gasteiger partial charge in [0.15, 0.2) is 0 Å². The third kappa shape index (κ3) is 41.8. The molecule has 144 heavy (non-hydrogen) atoms. The fraction of sp³-hybridized carbons (Fsp3) is 0.200. The highest BCUT2D eigenvalue weighted by atomic mass is 14.6. The van der Waals surface area contributed by atoms with Crippen molar-refractivity contribution in [3.05, 3.63) is 431 Å². The molecule has 0 fully saturated rings. The van der Waals surface area contributed by atoms with Gasteiger partial charge < -0.3 is 138 Å². The second-order valence-corrected chi connectivity index (χ2v) is 34.4. The minimum absolute atomic E-state index is 0.556. The van der Waals surface area contributed by atoms with Crippen LogP contribution in [0.15, 0.2) is 364 Å². The van der Waals surface area contributed by atoms with E-state index in [0.29, 0.717) is 52.4 Å². The van der Waals surface area contributed by atoms with Crippen LogP contribution in [-0.2, 0) is 77.5 Å². The van der Waals surface area contributed by atoms with E-state index in [1.165, 1.54) is 82.2 Å². The van der Waals surface area contributed by atoms with Crippen molar-refractivity contribution in [3.8, 4) is 0 Å². The van der Waals surface area contributed by atoms with E-state index in [-0.39, 0.29) is 0 Å². The standard InChI is InChI=1S/2C13H16N2.2C12H14N2.2C11H12N2.2C9H14N2.2C8H12N2.2C7H10N2/c14-9-3-5-10-4-1-7-12-11(10)6-2-8-13(12)15;14-7-1-2-10-3-4-12-9-13(15)6-5-11(12)8-10;13-8-7-9-3-1-5-11-10(9)4-2-6-12(11)14;13-6-5-9-1-2-11-8-12(14)4-3-10(11)7-9;12-7-8-3-1-5-10-9(8)4-2-6-11(10)13;12-7-8-1-2-10-6-11(13)4-3-9(10)5-8;10-6-2-4-8-3-1-5-9(11)7-8;10-7-1-2-8-3-5-9(11)6-4-8;9-6-5-7-1-3-8(10)4-2-7;9-5-4-7-2-1-3-8(10)6-7;8-5-6-1-3-7(9)4-2-6;8-5-6-2-1-3-7(9)4-6/h1-2,4,6-8H,3,5,9,14-15H2;3-6,8-9H,1-2,7,14-15H2;1-6H,7-8,13-14H2;1-4,7-8H,5-6,13-14H2;2*1-6H,7,12-13H2;1,3,5,7H,2,4,6,10-11H2;3-6H,1-2,7,10-11H2;1-4H,5-6,9-10H2;1-3,6H,4-5,9-10H2;2*1-4H,5,8-9H2. The molecule has 18 aromatic carbocycles. The molecule has 0 radical (unpaired) electrons. The third-order valence-electron chi connectivity index (χ3n) is 23.0. The first kappa shape index (κ1) is 116. The summed E-state index contributed by atoms with van der Waals surface area (Å²) in [5, 5.41) is 14.2. The molecule has 0 unspecified atom stereocenters. The Balaban J connectivity index is 0.000000214. The van der Waals surface area contributed by atoms with Crippen LogP contribution in [0.4, 0.5) is 68.2 Å². The minimum atomic E-state index is 0.556. The van der Waals surface area contributed by atoms with E-state index in [0.717, 1.165) is 221 Å². The van der Waals surface area contributed by atoms with Crippen molar-refractivity contribution in [1.29, 1.82) is 0 Å². The summed E-state index contributed by atoms with van der Waals surface area (Å²) in [4.78, 5) is 0. The molecule has 48 N–H and O–H groups in total. The lowest BCUT2D eigenvalue weighted by Gasteiger charge is -2.07. The van der Waals surface area contributed by atoms with Gasteiger partial charge in [0.2, 0.25) is 0 Å². The zero-order valence-electron chi connectivity index (χ0n) is 83.5. The molecular weight excluding hydrogens is 1780 g/mol. The van der Waals surface area contributed by atoms with E-state index < -0.39 is 0 Å². The van der Waals surface area contributed by atoms with Crippen molar-refractivity contribution in [3.63, 3.8) is 0 Å². The fourth-order valence-electron chi connectivity index (χ4n) is 15.3. The Morgan fingerprint density at radius 1 is 0.132 bits per heavy atom. The van der Waals surface area contributed by atoms with Crippen LogP contribution in [0.25, 0.3) is 64.6 Å². The Morgan fingerprint density at radius 3 is 0.715 bits per heavy atom. The Morgan fingerprint density at radius 2 is 0.361 bits per heavy atom. The first-order chi connectivity index (χ1) is 69.8. The zero-order chi connectivity index (χ0) is 104. The quantitative estimate of drug-likeness (QED) is 0.0250. The molecule has 0 aliphatic carbocycles. The van der Waals surface area contributed by atoms with Crippen molar-refractivity contribution < 1.29 is 0 Å². The van der Waals surface area contributed by atoms with Gasteiger partial charge in [0, 0.05) is 111 Å². The lowest BCUT2D eigenvalue weighted by molar-refractivity contribution is 0.833. The van der Waals surface area contributed by atoms with Crippen LogP contribution in [0.1, 0.15) is 92.4 Å². The Bertz CT molecular complexity index is 6740. The van der Waals surface area contributed by atoms with Crippen molar-refractivity contribution in [1.82, 2.24) is 0 Å². The van der Waals surface area contributed by atoms with E-state index in [1.807, 2.05) is 273 Å². The van der Waals surface area contributed by atoms with Gasteiger partial charge in [-0.05, 0) is 378 Å². The number of fused-ring (bicyclic) bond motifs is 6. The van der Waals surface area contributed by atoms with Crippen LogP contribution in [-0.4, -0.2) is 52.4 Å². The monoisotopic (exact) mass is 1930 g/mol. The van der Waals surface area contributed by atoms with Crippen LogP contribution in [0, 0.1) is 0 Å². The van der Waals surface area contributed by atoms with Crippen molar-refractivity contribution >= 4 is 133 Å². The molecule has 756 valence electrons. The van der Waals surface area contributed by atoms with Gasteiger partial charge in [0.1, 0.15) is 0 Å². The van der Waals surface area contributed by atoms with Gasteiger partial charge >= 0.3 is 0 Å². The maximum Gasteiger partial charge on any atom is 0.0393 e. The Labute approximate surface area is 851 Å². The second kappa shape index (κ2) is 65.6. The highest BCUT2D eigenvalue weighted by molar-refractivity contribution is 5.97. The summed E-state index contributed by atoms with van der Waals surface area (Å²) in [5.74, 6) is 0. The van der Waals surface area contributed by atoms with Crippen molar-refractivity contribution in [2.24, 2.45) is 68.8 Å². The molecule has 0 aromatic heterocycles. The molecule has 18 aromatic rings. The molecule has 0 aliphatic rings. The minimum Gasteiger partial charge on any atom is -0.399 e. The maximum absolute atomic E-state index is 5.93. The van der Waals surface area contributed by atoms with E-state index in [1.54, 1.807) is 0 Å². The molecule has 0 aliphatic heterocycles. The first-order valence-corrected chi connectivity index (χ1v) is 48.9. The summed E-state index contributed by atoms with van der Waals surface area (Å²) >= 11 is 0. The number of hydrogen-bond acceptors (Lipinski definition) is 24. The number of rotatable bonds is 24. The van der Waals surface area contributed by atoms with E-state index in [9.17, 15) is 0 Å². The lowest BCUT2D eigenvalue weighted by Crippen LogP contribution is -2.03. The number of aryl methyl sites for hydroxylation is 4. The number of nitrogens with two attached hydrogens (primary N) is 24. The van der Waals surface area contributed by atoms with Crippen molar-refractivity contribution in [2.75, 3.05) is 121 Å². The molecular formula is C120H156N24. The molecule has 18 rings (SSSR count). The zero-order valence-corrected chi connectivity index (χ0v) is 83.5. The van der Waals surface area contributed by atoms with Crippen LogP contribution in [0.5, 0.6) is 0 Å². The highest BCUT2D eigenvalue weighted by Gasteiger charge is 2.08. The topological polar surface area (TPSA) is 624 Å². The molecule has 24 heteroatoms. The van der Waals surface area contributed by atoms with Gasteiger partial charge in [-0.15, -0.1) is 0 Å². The summed E-state index contributed by atoms with van der Waals surface area (Å²) in [7, 11) is 0. The number of benzene rings is 18. The van der Waals surface area contributed by atoms with Crippen molar-refractivity contribution in [2.45, 2.75) is 103 Å². The normalized spacial score (nSPS) is 10.2. The van der Waals surface area contributed by atoms with E-state index >= 15 is 0 Å². The number of hydrogen-bond donors (Lipinski definition) is 24. The summed E-state index contributed by atoms with van der Waals surface area (Å²) in [6.45, 7) is 8.02. The highest BCUT2D eigenvalue weighted by Crippen LogP contribution is 2.29. The molecule has 0 saturated heterocycles. The number of anilines is 12. The summed E-state index contributed by atoms with van der Waals surface area (Å²) in [6.07, 6.45) is 12.0. The number of nitrogen functional groups attached to an aromatic ring is 12. The Hall–Kier alpha value is -15.4. The van der Waals surface area contributed by atoms with Gasteiger partial charge in [-0.2, -0.15) is 0 Å². The molecule has 24 nitrogen and oxygen atoms in total. The molecule has 0 saturated carbocycles. The van der Waals surface area contributed by atoms with Crippen LogP contribution >= 0.6 is 0 Å². The van der Waals surface area contributed by atoms with Gasteiger partial charge in [-0.25, -0.2) is 0 Å². The lowest BCUT2D eigenvalue weighted by atomic mass is 10.00. The van der Waals surface area contributed by atoms with Crippen LogP contribution in [0.3, 0.4) is 0 Å². The average Bonchev–Trinajstić information content (AvgIpc) is 0.826. The fourth-order valence-corrected chi connectivity index (χ4v) is 15.3. The smallest absolute Gasteiger partial charge is 0.0393 e. The maximum atomic E-state index is 5.93. The van der Waals surface area contributed by atoms with Gasteiger partial charge in [-0.1, -0.05) is 231 Å². The van der Waals surface area contributed by atoms with Gasteiger partial charge in [0.25, 0.3) is 0 Å². The molecule has 0 atom stereocenters. The first-order valence-electron chi connectivity index (χ1n) is 48.9. The van der Waals surface area contributed by atoms with Gasteiger partial charge in [0.05, 0.1) is 0 Å².